The monoisotopic (exact) mass is 296 g/mol. The van der Waals surface area contributed by atoms with Gasteiger partial charge in [0.2, 0.25) is 0 Å². The molecule has 2 aliphatic heterocycles. The number of rotatable bonds is 4. The number of fused-ring (bicyclic) bond motifs is 2. The van der Waals surface area contributed by atoms with E-state index in [4.69, 9.17) is 5.11 Å². The Kier molecular flexibility index (Phi) is 4.79. The van der Waals surface area contributed by atoms with Crippen LogP contribution in [-0.4, -0.2) is 52.1 Å². The summed E-state index contributed by atoms with van der Waals surface area (Å²) in [6.45, 7) is 6.34. The van der Waals surface area contributed by atoms with Crippen molar-refractivity contribution >= 4 is 12.0 Å². The first kappa shape index (κ1) is 16.1. The zero-order valence-electron chi connectivity index (χ0n) is 13.6. The third-order valence-electron chi connectivity index (χ3n) is 5.39. The molecule has 5 heteroatoms. The van der Waals surface area contributed by atoms with Gasteiger partial charge >= 0.3 is 12.0 Å². The van der Waals surface area contributed by atoms with E-state index in [0.29, 0.717) is 5.92 Å². The summed E-state index contributed by atoms with van der Waals surface area (Å²) in [7, 11) is 1.88. The first-order valence-electron chi connectivity index (χ1n) is 8.08. The van der Waals surface area contributed by atoms with Crippen LogP contribution < -0.4 is 0 Å². The van der Waals surface area contributed by atoms with E-state index in [0.717, 1.165) is 25.7 Å². The van der Waals surface area contributed by atoms with E-state index in [1.165, 1.54) is 0 Å². The zero-order chi connectivity index (χ0) is 15.7. The van der Waals surface area contributed by atoms with Crippen molar-refractivity contribution in [1.29, 1.82) is 0 Å². The lowest BCUT2D eigenvalue weighted by Crippen LogP contribution is -2.54. The highest BCUT2D eigenvalue weighted by molar-refractivity contribution is 5.76. The summed E-state index contributed by atoms with van der Waals surface area (Å²) in [6.07, 6.45) is 3.98. The Morgan fingerprint density at radius 3 is 2.14 bits per heavy atom. The summed E-state index contributed by atoms with van der Waals surface area (Å²) >= 11 is 0. The van der Waals surface area contributed by atoms with E-state index in [-0.39, 0.29) is 36.5 Å². The Labute approximate surface area is 127 Å². The average molecular weight is 296 g/mol. The third-order valence-corrected chi connectivity index (χ3v) is 5.39. The van der Waals surface area contributed by atoms with Crippen LogP contribution in [0.15, 0.2) is 0 Å². The number of carboxylic acid groups (broad SMARTS) is 1. The van der Waals surface area contributed by atoms with Gasteiger partial charge < -0.3 is 14.9 Å². The third kappa shape index (κ3) is 3.33. The maximum Gasteiger partial charge on any atom is 0.320 e. The molecule has 21 heavy (non-hydrogen) atoms. The number of hydrogen-bond acceptors (Lipinski definition) is 2. The summed E-state index contributed by atoms with van der Waals surface area (Å²) < 4.78 is 0. The Morgan fingerprint density at radius 2 is 1.71 bits per heavy atom. The van der Waals surface area contributed by atoms with Crippen LogP contribution >= 0.6 is 0 Å². The van der Waals surface area contributed by atoms with Crippen molar-refractivity contribution < 1.29 is 14.7 Å². The fourth-order valence-corrected chi connectivity index (χ4v) is 3.82. The topological polar surface area (TPSA) is 60.9 Å². The van der Waals surface area contributed by atoms with Crippen LogP contribution in [0.4, 0.5) is 4.79 Å². The minimum absolute atomic E-state index is 0.123. The summed E-state index contributed by atoms with van der Waals surface area (Å²) in [4.78, 5) is 27.6. The molecule has 3 unspecified atom stereocenters. The van der Waals surface area contributed by atoms with Crippen LogP contribution in [0, 0.1) is 11.8 Å². The van der Waals surface area contributed by atoms with Crippen LogP contribution in [0.1, 0.15) is 52.9 Å². The van der Waals surface area contributed by atoms with Gasteiger partial charge in [-0.2, -0.15) is 0 Å². The number of urea groups is 1. The second kappa shape index (κ2) is 6.24. The van der Waals surface area contributed by atoms with Gasteiger partial charge in [0.05, 0.1) is 0 Å². The van der Waals surface area contributed by atoms with Gasteiger partial charge in [-0.3, -0.25) is 4.79 Å². The number of carbonyl (C=O) groups is 2. The number of nitrogens with zero attached hydrogens (tertiary/aromatic N) is 2. The maximum absolute atomic E-state index is 12.8. The van der Waals surface area contributed by atoms with Crippen molar-refractivity contribution in [3.05, 3.63) is 0 Å². The molecule has 1 N–H and O–H groups in total. The number of amides is 2. The second-order valence-electron chi connectivity index (χ2n) is 7.11. The number of carbonyl (C=O) groups excluding carboxylic acids is 1. The first-order chi connectivity index (χ1) is 9.81. The highest BCUT2D eigenvalue weighted by Gasteiger charge is 2.44. The van der Waals surface area contributed by atoms with Crippen LogP contribution in [0.25, 0.3) is 0 Å². The van der Waals surface area contributed by atoms with Crippen molar-refractivity contribution in [2.75, 3.05) is 7.05 Å². The van der Waals surface area contributed by atoms with Gasteiger partial charge in [0.25, 0.3) is 0 Å². The molecule has 0 aromatic heterocycles. The molecule has 0 saturated carbocycles. The van der Waals surface area contributed by atoms with Gasteiger partial charge in [0.15, 0.2) is 0 Å². The van der Waals surface area contributed by atoms with E-state index in [1.54, 1.807) is 0 Å². The Balaban J connectivity index is 2.03. The van der Waals surface area contributed by atoms with Crippen molar-refractivity contribution in [3.63, 3.8) is 0 Å². The molecule has 2 bridgehead atoms. The Bertz CT molecular complexity index is 396. The molecule has 2 aliphatic rings. The zero-order valence-corrected chi connectivity index (χ0v) is 13.6. The standard InChI is InChI=1S/C16H28N2O3/c1-10(2)11(3)17(4)16(21)18-13-5-6-14(18)8-12(7-13)9-15(19)20/h10-14H,5-9H2,1-4H3,(H,19,20). The highest BCUT2D eigenvalue weighted by atomic mass is 16.4. The molecule has 2 rings (SSSR count). The van der Waals surface area contributed by atoms with Crippen LogP contribution in [0.2, 0.25) is 0 Å². The smallest absolute Gasteiger partial charge is 0.320 e. The molecule has 5 nitrogen and oxygen atoms in total. The van der Waals surface area contributed by atoms with Crippen LogP contribution in [-0.2, 0) is 4.79 Å². The summed E-state index contributed by atoms with van der Waals surface area (Å²) in [5.41, 5.74) is 0. The van der Waals surface area contributed by atoms with Gasteiger partial charge in [-0.25, -0.2) is 4.79 Å². The normalized spacial score (nSPS) is 29.6. The van der Waals surface area contributed by atoms with E-state index in [9.17, 15) is 9.59 Å². The van der Waals surface area contributed by atoms with Crippen LogP contribution in [0.5, 0.6) is 0 Å². The summed E-state index contributed by atoms with van der Waals surface area (Å²) in [5.74, 6) is -0.0530. The summed E-state index contributed by atoms with van der Waals surface area (Å²) in [5, 5.41) is 8.97. The number of hydrogen-bond donors (Lipinski definition) is 1. The van der Waals surface area contributed by atoms with Crippen LogP contribution in [0.3, 0.4) is 0 Å². The predicted octanol–water partition coefficient (Wildman–Crippen LogP) is 2.80. The average Bonchev–Trinajstić information content (AvgIpc) is 2.67. The lowest BCUT2D eigenvalue weighted by Gasteiger charge is -2.42. The van der Waals surface area contributed by atoms with Gasteiger partial charge in [-0.1, -0.05) is 13.8 Å². The SMILES string of the molecule is CC(C)C(C)N(C)C(=O)N1C2CCC1CC(CC(=O)O)C2. The predicted molar refractivity (Wildman–Crippen MR) is 81.1 cm³/mol. The fraction of sp³-hybridized carbons (Fsp3) is 0.875. The molecule has 0 aromatic carbocycles. The lowest BCUT2D eigenvalue weighted by molar-refractivity contribution is -0.138. The van der Waals surface area contributed by atoms with Crippen molar-refractivity contribution in [2.24, 2.45) is 11.8 Å². The van der Waals surface area contributed by atoms with Crippen molar-refractivity contribution in [2.45, 2.75) is 71.0 Å². The molecule has 0 aliphatic carbocycles. The molecule has 2 fully saturated rings. The summed E-state index contributed by atoms with van der Waals surface area (Å²) in [6, 6.07) is 0.816. The number of aliphatic carboxylic acids is 1. The van der Waals surface area contributed by atoms with E-state index >= 15 is 0 Å². The highest BCUT2D eigenvalue weighted by Crippen LogP contribution is 2.40. The van der Waals surface area contributed by atoms with E-state index in [1.807, 2.05) is 16.8 Å². The molecule has 120 valence electrons. The molecular formula is C16H28N2O3. The minimum atomic E-state index is -0.718. The van der Waals surface area contributed by atoms with Crippen molar-refractivity contribution in [1.82, 2.24) is 9.80 Å². The Morgan fingerprint density at radius 1 is 1.19 bits per heavy atom. The first-order valence-corrected chi connectivity index (χ1v) is 8.08. The molecule has 0 aromatic rings. The quantitative estimate of drug-likeness (QED) is 0.867. The molecule has 0 radical (unpaired) electrons. The number of carboxylic acids is 1. The lowest BCUT2D eigenvalue weighted by atomic mass is 9.88. The van der Waals surface area contributed by atoms with Gasteiger partial charge in [0, 0.05) is 31.6 Å². The van der Waals surface area contributed by atoms with E-state index < -0.39 is 5.97 Å². The Hall–Kier alpha value is -1.26. The molecule has 3 atom stereocenters. The molecular weight excluding hydrogens is 268 g/mol. The molecule has 2 amide bonds. The van der Waals surface area contributed by atoms with E-state index in [2.05, 4.69) is 20.8 Å². The van der Waals surface area contributed by atoms with Crippen molar-refractivity contribution in [3.8, 4) is 0 Å². The minimum Gasteiger partial charge on any atom is -0.481 e. The number of piperidine rings is 1. The van der Waals surface area contributed by atoms with Gasteiger partial charge in [0.1, 0.15) is 0 Å². The second-order valence-corrected chi connectivity index (χ2v) is 7.11. The van der Waals surface area contributed by atoms with Gasteiger partial charge in [-0.05, 0) is 44.4 Å². The van der Waals surface area contributed by atoms with Gasteiger partial charge in [-0.15, -0.1) is 0 Å². The molecule has 2 heterocycles. The fourth-order valence-electron chi connectivity index (χ4n) is 3.82. The maximum atomic E-state index is 12.8. The molecule has 0 spiro atoms. The molecule has 2 saturated heterocycles. The largest absolute Gasteiger partial charge is 0.481 e.